The molecular formula is C10H11NO3. The monoisotopic (exact) mass is 193 g/mol. The van der Waals surface area contributed by atoms with Crippen molar-refractivity contribution in [3.05, 3.63) is 37.1 Å². The van der Waals surface area contributed by atoms with Crippen LogP contribution in [0.4, 0.5) is 10.5 Å². The number of benzene rings is 1. The Morgan fingerprint density at radius 3 is 2.79 bits per heavy atom. The molecular weight excluding hydrogens is 182 g/mol. The van der Waals surface area contributed by atoms with Crippen molar-refractivity contribution in [2.45, 2.75) is 0 Å². The molecule has 0 heterocycles. The van der Waals surface area contributed by atoms with Crippen molar-refractivity contribution in [2.75, 3.05) is 11.9 Å². The van der Waals surface area contributed by atoms with Crippen molar-refractivity contribution in [1.82, 2.24) is 0 Å². The summed E-state index contributed by atoms with van der Waals surface area (Å²) in [5.74, 6) is 0.465. The van der Waals surface area contributed by atoms with Crippen LogP contribution in [0.5, 0.6) is 5.75 Å². The summed E-state index contributed by atoms with van der Waals surface area (Å²) in [6.07, 6.45) is 0.222. The predicted molar refractivity (Wildman–Crippen MR) is 53.7 cm³/mol. The van der Waals surface area contributed by atoms with Crippen molar-refractivity contribution in [3.8, 4) is 5.75 Å². The third-order valence-electron chi connectivity index (χ3n) is 1.72. The molecule has 1 N–H and O–H groups in total. The number of hydrogen-bond donors (Lipinski definition) is 1. The number of amides is 1. The van der Waals surface area contributed by atoms with Gasteiger partial charge in [0.25, 0.3) is 0 Å². The molecule has 0 aliphatic heterocycles. The van der Waals surface area contributed by atoms with Crippen LogP contribution in [0.15, 0.2) is 37.1 Å². The third kappa shape index (κ3) is 2.04. The first-order valence-corrected chi connectivity index (χ1v) is 4.00. The Hall–Kier alpha value is -1.97. The first-order chi connectivity index (χ1) is 6.66. The zero-order valence-corrected chi connectivity index (χ0v) is 7.80. The highest BCUT2D eigenvalue weighted by atomic mass is 16.5. The van der Waals surface area contributed by atoms with E-state index in [1.54, 1.807) is 24.3 Å². The Kier molecular flexibility index (Phi) is 3.12. The second-order valence-corrected chi connectivity index (χ2v) is 2.59. The average Bonchev–Trinajstić information content (AvgIpc) is 2.18. The maximum absolute atomic E-state index is 10.7. The number of nitrogens with zero attached hydrogens (tertiary/aromatic N) is 1. The van der Waals surface area contributed by atoms with E-state index in [4.69, 9.17) is 9.84 Å². The summed E-state index contributed by atoms with van der Waals surface area (Å²) in [7, 11) is 1.45. The fourth-order valence-electron chi connectivity index (χ4n) is 1.03. The van der Waals surface area contributed by atoms with Gasteiger partial charge < -0.3 is 9.84 Å². The molecule has 1 aromatic rings. The standard InChI is InChI=1S/C10H11NO3/c1-3-14-9-7-5-4-6-8(9)11(2)10(12)13/h3-7H,1H2,2H3,(H,12,13). The Labute approximate surface area is 82.0 Å². The highest BCUT2D eigenvalue weighted by molar-refractivity contribution is 5.87. The van der Waals surface area contributed by atoms with Crippen LogP contribution in [-0.2, 0) is 0 Å². The summed E-state index contributed by atoms with van der Waals surface area (Å²) in [6.45, 7) is 3.41. The van der Waals surface area contributed by atoms with E-state index in [-0.39, 0.29) is 0 Å². The Balaban J connectivity index is 3.05. The molecule has 0 unspecified atom stereocenters. The number of carboxylic acid groups (broad SMARTS) is 1. The summed E-state index contributed by atoms with van der Waals surface area (Å²) >= 11 is 0. The fourth-order valence-corrected chi connectivity index (χ4v) is 1.03. The molecule has 0 fully saturated rings. The normalized spacial score (nSPS) is 9.21. The van der Waals surface area contributed by atoms with E-state index in [0.717, 1.165) is 4.90 Å². The van der Waals surface area contributed by atoms with Crippen LogP contribution in [-0.4, -0.2) is 18.2 Å². The van der Waals surface area contributed by atoms with E-state index in [2.05, 4.69) is 6.58 Å². The summed E-state index contributed by atoms with van der Waals surface area (Å²) in [4.78, 5) is 11.8. The summed E-state index contributed by atoms with van der Waals surface area (Å²) in [5.41, 5.74) is 0.486. The van der Waals surface area contributed by atoms with Gasteiger partial charge in [0.05, 0.1) is 11.9 Å². The topological polar surface area (TPSA) is 49.8 Å². The number of ether oxygens (including phenoxy) is 1. The second kappa shape index (κ2) is 4.32. The minimum absolute atomic E-state index is 0.465. The largest absolute Gasteiger partial charge is 0.465 e. The van der Waals surface area contributed by atoms with Crippen LogP contribution >= 0.6 is 0 Å². The van der Waals surface area contributed by atoms with Crippen molar-refractivity contribution in [2.24, 2.45) is 0 Å². The molecule has 4 heteroatoms. The molecule has 0 aliphatic rings. The molecule has 0 aromatic heterocycles. The maximum Gasteiger partial charge on any atom is 0.411 e. The van der Waals surface area contributed by atoms with E-state index in [1.807, 2.05) is 0 Å². The second-order valence-electron chi connectivity index (χ2n) is 2.59. The molecule has 14 heavy (non-hydrogen) atoms. The van der Waals surface area contributed by atoms with Crippen LogP contribution in [0.1, 0.15) is 0 Å². The van der Waals surface area contributed by atoms with Gasteiger partial charge in [-0.15, -0.1) is 0 Å². The highest BCUT2D eigenvalue weighted by Gasteiger charge is 2.12. The first kappa shape index (κ1) is 10.1. The molecule has 0 spiro atoms. The van der Waals surface area contributed by atoms with Crippen LogP contribution in [0.3, 0.4) is 0 Å². The molecule has 0 atom stereocenters. The smallest absolute Gasteiger partial charge is 0.411 e. The number of para-hydroxylation sites is 2. The van der Waals surface area contributed by atoms with E-state index in [1.165, 1.54) is 13.3 Å². The lowest BCUT2D eigenvalue weighted by molar-refractivity contribution is 0.203. The highest BCUT2D eigenvalue weighted by Crippen LogP contribution is 2.26. The molecule has 74 valence electrons. The van der Waals surface area contributed by atoms with Gasteiger partial charge >= 0.3 is 6.09 Å². The number of rotatable bonds is 3. The lowest BCUT2D eigenvalue weighted by Crippen LogP contribution is -2.24. The summed E-state index contributed by atoms with van der Waals surface area (Å²) in [6, 6.07) is 6.84. The van der Waals surface area contributed by atoms with Gasteiger partial charge in [0.15, 0.2) is 0 Å². The number of anilines is 1. The minimum atomic E-state index is -1.04. The van der Waals surface area contributed by atoms with E-state index in [0.29, 0.717) is 11.4 Å². The van der Waals surface area contributed by atoms with Crippen molar-refractivity contribution in [3.63, 3.8) is 0 Å². The van der Waals surface area contributed by atoms with Crippen molar-refractivity contribution >= 4 is 11.8 Å². The zero-order chi connectivity index (χ0) is 10.6. The molecule has 4 nitrogen and oxygen atoms in total. The molecule has 1 amide bonds. The molecule has 0 saturated carbocycles. The quantitative estimate of drug-likeness (QED) is 0.749. The molecule has 0 saturated heterocycles. The van der Waals surface area contributed by atoms with Crippen molar-refractivity contribution < 1.29 is 14.6 Å². The van der Waals surface area contributed by atoms with Gasteiger partial charge in [-0.2, -0.15) is 0 Å². The van der Waals surface area contributed by atoms with Gasteiger partial charge in [0.2, 0.25) is 0 Å². The average molecular weight is 193 g/mol. The van der Waals surface area contributed by atoms with Crippen LogP contribution < -0.4 is 9.64 Å². The summed E-state index contributed by atoms with van der Waals surface area (Å²) < 4.78 is 5.07. The van der Waals surface area contributed by atoms with Gasteiger partial charge in [-0.25, -0.2) is 4.79 Å². The molecule has 0 bridgehead atoms. The van der Waals surface area contributed by atoms with Crippen LogP contribution in [0, 0.1) is 0 Å². The van der Waals surface area contributed by atoms with Crippen molar-refractivity contribution in [1.29, 1.82) is 0 Å². The lowest BCUT2D eigenvalue weighted by Gasteiger charge is -2.15. The SMILES string of the molecule is C=COc1ccccc1N(C)C(=O)O. The number of carbonyl (C=O) groups is 1. The predicted octanol–water partition coefficient (Wildman–Crippen LogP) is 2.32. The van der Waals surface area contributed by atoms with Gasteiger partial charge in [-0.3, -0.25) is 4.90 Å². The zero-order valence-electron chi connectivity index (χ0n) is 7.80. The van der Waals surface area contributed by atoms with Gasteiger partial charge in [0, 0.05) is 7.05 Å². The van der Waals surface area contributed by atoms with E-state index < -0.39 is 6.09 Å². The number of hydrogen-bond acceptors (Lipinski definition) is 2. The van der Waals surface area contributed by atoms with Crippen LogP contribution in [0.25, 0.3) is 0 Å². The van der Waals surface area contributed by atoms with E-state index in [9.17, 15) is 4.79 Å². The molecule has 1 aromatic carbocycles. The van der Waals surface area contributed by atoms with Gasteiger partial charge in [0.1, 0.15) is 5.75 Å². The molecule has 0 aliphatic carbocycles. The minimum Gasteiger partial charge on any atom is -0.465 e. The fraction of sp³-hybridized carbons (Fsp3) is 0.100. The third-order valence-corrected chi connectivity index (χ3v) is 1.72. The lowest BCUT2D eigenvalue weighted by atomic mass is 10.3. The first-order valence-electron chi connectivity index (χ1n) is 4.00. The Morgan fingerprint density at radius 2 is 2.21 bits per heavy atom. The Bertz CT molecular complexity index is 349. The van der Waals surface area contributed by atoms with E-state index >= 15 is 0 Å². The Morgan fingerprint density at radius 1 is 1.57 bits per heavy atom. The molecule has 1 rings (SSSR count). The van der Waals surface area contributed by atoms with Crippen LogP contribution in [0.2, 0.25) is 0 Å². The summed E-state index contributed by atoms with van der Waals surface area (Å²) in [5, 5.41) is 8.77. The molecule has 0 radical (unpaired) electrons. The maximum atomic E-state index is 10.7. The van der Waals surface area contributed by atoms with Gasteiger partial charge in [-0.05, 0) is 12.1 Å². The van der Waals surface area contributed by atoms with Gasteiger partial charge in [-0.1, -0.05) is 18.7 Å².